The van der Waals surface area contributed by atoms with E-state index in [1.165, 1.54) is 11.8 Å². The molecule has 24 heavy (non-hydrogen) atoms. The van der Waals surface area contributed by atoms with Gasteiger partial charge in [0, 0.05) is 16.7 Å². The fraction of sp³-hybridized carbons (Fsp3) is 0.111. The number of aromatic nitrogens is 2. The van der Waals surface area contributed by atoms with Crippen LogP contribution in [0.3, 0.4) is 0 Å². The summed E-state index contributed by atoms with van der Waals surface area (Å²) in [5, 5.41) is 3.71. The molecule has 1 heterocycles. The first-order valence-electron chi connectivity index (χ1n) is 7.42. The Kier molecular flexibility index (Phi) is 5.37. The Morgan fingerprint density at radius 2 is 2.00 bits per heavy atom. The van der Waals surface area contributed by atoms with E-state index in [-0.39, 0.29) is 5.91 Å². The molecule has 0 saturated carbocycles. The Morgan fingerprint density at radius 1 is 1.25 bits per heavy atom. The van der Waals surface area contributed by atoms with Crippen molar-refractivity contribution in [1.82, 2.24) is 9.55 Å². The highest BCUT2D eigenvalue weighted by atomic mass is 79.9. The van der Waals surface area contributed by atoms with Crippen molar-refractivity contribution in [2.75, 3.05) is 11.1 Å². The van der Waals surface area contributed by atoms with Crippen molar-refractivity contribution in [1.29, 1.82) is 0 Å². The summed E-state index contributed by atoms with van der Waals surface area (Å²) in [6, 6.07) is 15.5. The second-order valence-corrected chi connectivity index (χ2v) is 6.98. The largest absolute Gasteiger partial charge is 0.325 e. The van der Waals surface area contributed by atoms with E-state index >= 15 is 0 Å². The molecule has 2 aromatic carbocycles. The van der Waals surface area contributed by atoms with Gasteiger partial charge in [-0.1, -0.05) is 45.9 Å². The predicted molar refractivity (Wildman–Crippen MR) is 103 cm³/mol. The summed E-state index contributed by atoms with van der Waals surface area (Å²) in [6.45, 7) is 4.46. The standard InChI is InChI=1S/C18H16BrN3OS/c1-2-11-22-16-6-4-3-5-15(16)21-18(22)24-12-17(23)20-14-9-7-13(19)8-10-14/h2-10H,1,11-12H2,(H,20,23). The second kappa shape index (κ2) is 7.68. The van der Waals surface area contributed by atoms with Gasteiger partial charge < -0.3 is 9.88 Å². The van der Waals surface area contributed by atoms with Gasteiger partial charge >= 0.3 is 0 Å². The molecule has 0 spiro atoms. The SMILES string of the molecule is C=CCn1c(SCC(=O)Nc2ccc(Br)cc2)nc2ccccc21. The number of nitrogens with one attached hydrogen (secondary N) is 1. The van der Waals surface area contributed by atoms with Crippen LogP contribution in [-0.4, -0.2) is 21.2 Å². The lowest BCUT2D eigenvalue weighted by Crippen LogP contribution is -2.14. The first-order valence-corrected chi connectivity index (χ1v) is 9.19. The number of thioether (sulfide) groups is 1. The molecule has 0 aliphatic rings. The molecule has 4 nitrogen and oxygen atoms in total. The molecule has 122 valence electrons. The lowest BCUT2D eigenvalue weighted by molar-refractivity contribution is -0.113. The number of imidazole rings is 1. The van der Waals surface area contributed by atoms with Crippen LogP contribution in [0.25, 0.3) is 11.0 Å². The second-order valence-electron chi connectivity index (χ2n) is 5.13. The quantitative estimate of drug-likeness (QED) is 0.480. The molecule has 0 unspecified atom stereocenters. The molecule has 1 aromatic heterocycles. The maximum absolute atomic E-state index is 12.2. The van der Waals surface area contributed by atoms with Crippen LogP contribution in [-0.2, 0) is 11.3 Å². The van der Waals surface area contributed by atoms with Gasteiger partial charge in [0.05, 0.1) is 16.8 Å². The van der Waals surface area contributed by atoms with Gasteiger partial charge in [-0.05, 0) is 36.4 Å². The molecule has 3 aromatic rings. The molecule has 1 amide bonds. The van der Waals surface area contributed by atoms with E-state index in [2.05, 4.69) is 37.4 Å². The Labute approximate surface area is 153 Å². The monoisotopic (exact) mass is 401 g/mol. The molecule has 3 rings (SSSR count). The number of carbonyl (C=O) groups excluding carboxylic acids is 1. The maximum atomic E-state index is 12.2. The van der Waals surface area contributed by atoms with Crippen LogP contribution >= 0.6 is 27.7 Å². The Bertz CT molecular complexity index is 874. The third-order valence-corrected chi connectivity index (χ3v) is 4.90. The van der Waals surface area contributed by atoms with E-state index in [0.29, 0.717) is 12.3 Å². The van der Waals surface area contributed by atoms with Gasteiger partial charge in [-0.25, -0.2) is 4.98 Å². The fourth-order valence-electron chi connectivity index (χ4n) is 2.33. The number of halogens is 1. The molecule has 1 N–H and O–H groups in total. The van der Waals surface area contributed by atoms with Crippen molar-refractivity contribution < 1.29 is 4.79 Å². The van der Waals surface area contributed by atoms with Gasteiger partial charge in [0.25, 0.3) is 0 Å². The lowest BCUT2D eigenvalue weighted by Gasteiger charge is -2.07. The molecule has 0 atom stereocenters. The summed E-state index contributed by atoms with van der Waals surface area (Å²) in [6.07, 6.45) is 1.83. The topological polar surface area (TPSA) is 46.9 Å². The number of amides is 1. The Morgan fingerprint density at radius 3 is 2.75 bits per heavy atom. The van der Waals surface area contributed by atoms with Crippen LogP contribution in [0.2, 0.25) is 0 Å². The summed E-state index contributed by atoms with van der Waals surface area (Å²) >= 11 is 4.80. The van der Waals surface area contributed by atoms with Gasteiger partial charge in [-0.2, -0.15) is 0 Å². The number of para-hydroxylation sites is 2. The van der Waals surface area contributed by atoms with Crippen molar-refractivity contribution >= 4 is 50.3 Å². The number of fused-ring (bicyclic) bond motifs is 1. The molecular formula is C18H16BrN3OS. The zero-order chi connectivity index (χ0) is 16.9. The molecule has 0 saturated heterocycles. The summed E-state index contributed by atoms with van der Waals surface area (Å²) < 4.78 is 3.05. The zero-order valence-electron chi connectivity index (χ0n) is 12.9. The van der Waals surface area contributed by atoms with Crippen LogP contribution in [0.1, 0.15) is 0 Å². The summed E-state index contributed by atoms with van der Waals surface area (Å²) in [5.74, 6) is 0.246. The van der Waals surface area contributed by atoms with Crippen LogP contribution in [0.4, 0.5) is 5.69 Å². The van der Waals surface area contributed by atoms with E-state index in [9.17, 15) is 4.79 Å². The number of nitrogens with zero attached hydrogens (tertiary/aromatic N) is 2. The molecule has 0 aliphatic heterocycles. The molecule has 0 bridgehead atoms. The predicted octanol–water partition coefficient (Wildman–Crippen LogP) is 4.72. The van der Waals surface area contributed by atoms with Crippen molar-refractivity contribution in [3.63, 3.8) is 0 Å². The molecule has 6 heteroatoms. The average Bonchev–Trinajstić information content (AvgIpc) is 2.93. The van der Waals surface area contributed by atoms with E-state index < -0.39 is 0 Å². The molecular weight excluding hydrogens is 386 g/mol. The minimum Gasteiger partial charge on any atom is -0.325 e. The van der Waals surface area contributed by atoms with Crippen molar-refractivity contribution in [2.45, 2.75) is 11.7 Å². The van der Waals surface area contributed by atoms with E-state index in [0.717, 1.165) is 26.3 Å². The first-order chi connectivity index (χ1) is 11.7. The van der Waals surface area contributed by atoms with E-state index in [4.69, 9.17) is 0 Å². The minimum atomic E-state index is -0.0560. The average molecular weight is 402 g/mol. The van der Waals surface area contributed by atoms with Crippen LogP contribution in [0.5, 0.6) is 0 Å². The smallest absolute Gasteiger partial charge is 0.234 e. The van der Waals surface area contributed by atoms with Crippen molar-refractivity contribution in [2.24, 2.45) is 0 Å². The summed E-state index contributed by atoms with van der Waals surface area (Å²) in [4.78, 5) is 16.8. The number of carbonyl (C=O) groups is 1. The van der Waals surface area contributed by atoms with E-state index in [1.807, 2.05) is 54.6 Å². The van der Waals surface area contributed by atoms with Gasteiger partial charge in [0.2, 0.25) is 5.91 Å². The minimum absolute atomic E-state index is 0.0560. The maximum Gasteiger partial charge on any atom is 0.234 e. The molecule has 0 aliphatic carbocycles. The van der Waals surface area contributed by atoms with Gasteiger partial charge in [-0.15, -0.1) is 6.58 Å². The highest BCUT2D eigenvalue weighted by molar-refractivity contribution is 9.10. The number of rotatable bonds is 6. The number of allylic oxidation sites excluding steroid dienone is 1. The third-order valence-electron chi connectivity index (χ3n) is 3.39. The van der Waals surface area contributed by atoms with Crippen LogP contribution in [0.15, 0.2) is 70.8 Å². The molecule has 0 radical (unpaired) electrons. The van der Waals surface area contributed by atoms with Gasteiger partial charge in [-0.3, -0.25) is 4.79 Å². The van der Waals surface area contributed by atoms with E-state index in [1.54, 1.807) is 0 Å². The first kappa shape index (κ1) is 16.8. The number of benzene rings is 2. The Hall–Kier alpha value is -2.05. The third kappa shape index (κ3) is 3.88. The van der Waals surface area contributed by atoms with Gasteiger partial charge in [0.15, 0.2) is 5.16 Å². The summed E-state index contributed by atoms with van der Waals surface area (Å²) in [5.41, 5.74) is 2.76. The summed E-state index contributed by atoms with van der Waals surface area (Å²) in [7, 11) is 0. The number of hydrogen-bond acceptors (Lipinski definition) is 3. The number of hydrogen-bond donors (Lipinski definition) is 1. The van der Waals surface area contributed by atoms with Crippen LogP contribution < -0.4 is 5.32 Å². The Balaban J connectivity index is 1.70. The lowest BCUT2D eigenvalue weighted by atomic mass is 10.3. The zero-order valence-corrected chi connectivity index (χ0v) is 15.3. The van der Waals surface area contributed by atoms with Crippen molar-refractivity contribution in [3.8, 4) is 0 Å². The fourth-order valence-corrected chi connectivity index (χ4v) is 3.42. The van der Waals surface area contributed by atoms with Crippen LogP contribution in [0, 0.1) is 0 Å². The normalized spacial score (nSPS) is 10.7. The highest BCUT2D eigenvalue weighted by Gasteiger charge is 2.12. The van der Waals surface area contributed by atoms with Gasteiger partial charge in [0.1, 0.15) is 0 Å². The van der Waals surface area contributed by atoms with Crippen molar-refractivity contribution in [3.05, 3.63) is 65.7 Å². The highest BCUT2D eigenvalue weighted by Crippen LogP contribution is 2.24. The number of anilines is 1. The molecule has 0 fully saturated rings.